The minimum Gasteiger partial charge on any atom is -0.490 e. The highest BCUT2D eigenvalue weighted by Crippen LogP contribution is 2.42. The van der Waals surface area contributed by atoms with Crippen molar-refractivity contribution in [2.45, 2.75) is 12.2 Å². The molecule has 0 fully saturated rings. The molecule has 0 aliphatic rings. The van der Waals surface area contributed by atoms with Crippen LogP contribution in [0.1, 0.15) is 0 Å². The van der Waals surface area contributed by atoms with Gasteiger partial charge in [-0.25, -0.2) is 9.59 Å². The fourth-order valence-corrected chi connectivity index (χ4v) is 6.22. The first-order valence-electron chi connectivity index (χ1n) is 18.1. The lowest BCUT2D eigenvalue weighted by Crippen LogP contribution is -2.24. The molecule has 6 aromatic carbocycles. The first kappa shape index (κ1) is 39.0. The predicted molar refractivity (Wildman–Crippen MR) is 219 cm³/mol. The summed E-state index contributed by atoms with van der Waals surface area (Å²) < 4.78 is 22.2. The first-order chi connectivity index (χ1) is 27.3. The van der Waals surface area contributed by atoms with Crippen LogP contribution in [0.4, 0.5) is 0 Å². The van der Waals surface area contributed by atoms with Crippen molar-refractivity contribution in [3.05, 3.63) is 171 Å². The van der Waals surface area contributed by atoms with E-state index in [1.54, 1.807) is 0 Å². The van der Waals surface area contributed by atoms with Gasteiger partial charge in [0.2, 0.25) is 0 Å². The highest BCUT2D eigenvalue weighted by molar-refractivity contribution is 5.94. The summed E-state index contributed by atoms with van der Waals surface area (Å²) in [6, 6.07) is 48.2. The SMILES string of the molecule is C=CC(=O)OCC(O)COc1ccc(-c2ccccc2-c2ccccc2-c2ccc(OCC(O)COC(=O)C=C)c(-c3ccccc3)c2)cc1-c1ccccc1. The minimum atomic E-state index is -1.03. The molecule has 0 saturated carbocycles. The van der Waals surface area contributed by atoms with Crippen molar-refractivity contribution >= 4 is 11.9 Å². The third kappa shape index (κ3) is 9.86. The van der Waals surface area contributed by atoms with Gasteiger partial charge in [-0.3, -0.25) is 0 Å². The van der Waals surface area contributed by atoms with Crippen LogP contribution in [0.2, 0.25) is 0 Å². The Morgan fingerprint density at radius 2 is 0.804 bits per heavy atom. The van der Waals surface area contributed by atoms with Crippen molar-refractivity contribution in [3.8, 4) is 67.1 Å². The summed E-state index contributed by atoms with van der Waals surface area (Å²) in [4.78, 5) is 23.0. The second kappa shape index (κ2) is 19.0. The number of ether oxygens (including phenoxy) is 4. The number of carbonyl (C=O) groups excluding carboxylic acids is 2. The summed E-state index contributed by atoms with van der Waals surface area (Å²) in [6.45, 7) is 6.19. The van der Waals surface area contributed by atoms with Crippen LogP contribution in [0.15, 0.2) is 171 Å². The van der Waals surface area contributed by atoms with E-state index in [0.29, 0.717) is 11.5 Å². The van der Waals surface area contributed by atoms with Gasteiger partial charge in [0.1, 0.15) is 50.1 Å². The number of esters is 2. The van der Waals surface area contributed by atoms with Gasteiger partial charge in [0.25, 0.3) is 0 Å². The van der Waals surface area contributed by atoms with Crippen LogP contribution < -0.4 is 9.47 Å². The molecule has 0 spiro atoms. The van der Waals surface area contributed by atoms with E-state index in [0.717, 1.165) is 67.8 Å². The summed E-state index contributed by atoms with van der Waals surface area (Å²) in [5.41, 5.74) is 9.56. The molecule has 0 amide bonds. The van der Waals surface area contributed by atoms with E-state index < -0.39 is 24.1 Å². The Kier molecular flexibility index (Phi) is 13.2. The van der Waals surface area contributed by atoms with E-state index in [1.807, 2.05) is 109 Å². The molecule has 6 rings (SSSR count). The lowest BCUT2D eigenvalue weighted by atomic mass is 9.88. The zero-order valence-electron chi connectivity index (χ0n) is 30.8. The maximum absolute atomic E-state index is 11.5. The molecule has 56 heavy (non-hydrogen) atoms. The summed E-state index contributed by atoms with van der Waals surface area (Å²) in [7, 11) is 0. The van der Waals surface area contributed by atoms with Crippen LogP contribution in [0, 0.1) is 0 Å². The maximum Gasteiger partial charge on any atom is 0.330 e. The van der Waals surface area contributed by atoms with Gasteiger partial charge in [-0.15, -0.1) is 0 Å². The van der Waals surface area contributed by atoms with Gasteiger partial charge in [-0.05, 0) is 68.8 Å². The van der Waals surface area contributed by atoms with Crippen LogP contribution in [0.3, 0.4) is 0 Å². The number of aliphatic hydroxyl groups is 2. The largest absolute Gasteiger partial charge is 0.490 e. The Labute approximate surface area is 326 Å². The Hall–Kier alpha value is -6.74. The molecule has 0 aliphatic carbocycles. The van der Waals surface area contributed by atoms with Crippen molar-refractivity contribution < 1.29 is 38.7 Å². The summed E-state index contributed by atoms with van der Waals surface area (Å²) in [5.74, 6) is -0.0696. The number of aliphatic hydroxyl groups excluding tert-OH is 2. The monoisotopic (exact) mass is 746 g/mol. The molecule has 0 radical (unpaired) electrons. The Morgan fingerprint density at radius 1 is 0.446 bits per heavy atom. The summed E-state index contributed by atoms with van der Waals surface area (Å²) in [6.07, 6.45) is 0.0491. The van der Waals surface area contributed by atoms with Crippen LogP contribution in [0.25, 0.3) is 55.6 Å². The van der Waals surface area contributed by atoms with Gasteiger partial charge in [0, 0.05) is 23.3 Å². The standard InChI is InChI=1S/C48H42O8/c1-3-47(51)55-31-37(49)29-53-45-25-23-35(27-43(45)33-15-7-5-8-16-33)39-19-11-13-21-41(39)42-22-14-12-20-40(42)36-24-26-46(44(28-36)34-17-9-6-10-18-34)54-30-38(50)32-56-48(52)4-2/h3-28,37-38,49-50H,1-2,29-32H2. The number of benzene rings is 6. The molecule has 6 aromatic rings. The molecular formula is C48H42O8. The smallest absolute Gasteiger partial charge is 0.330 e. The molecule has 0 bridgehead atoms. The third-order valence-electron chi connectivity index (χ3n) is 8.93. The van der Waals surface area contributed by atoms with Gasteiger partial charge < -0.3 is 29.2 Å². The van der Waals surface area contributed by atoms with Crippen LogP contribution in [-0.4, -0.2) is 60.8 Å². The van der Waals surface area contributed by atoms with Gasteiger partial charge in [-0.1, -0.05) is 134 Å². The summed E-state index contributed by atoms with van der Waals surface area (Å²) >= 11 is 0. The van der Waals surface area contributed by atoms with Gasteiger partial charge in [0.05, 0.1) is 0 Å². The number of carbonyl (C=O) groups is 2. The Morgan fingerprint density at radius 3 is 1.18 bits per heavy atom. The minimum absolute atomic E-state index is 0.0753. The van der Waals surface area contributed by atoms with Gasteiger partial charge in [0.15, 0.2) is 0 Å². The molecule has 0 heterocycles. The second-order valence-electron chi connectivity index (χ2n) is 12.8. The van der Waals surface area contributed by atoms with E-state index >= 15 is 0 Å². The molecule has 8 heteroatoms. The van der Waals surface area contributed by atoms with Crippen LogP contribution in [0.5, 0.6) is 11.5 Å². The third-order valence-corrected chi connectivity index (χ3v) is 8.93. The first-order valence-corrected chi connectivity index (χ1v) is 18.1. The highest BCUT2D eigenvalue weighted by Gasteiger charge is 2.18. The number of rotatable bonds is 17. The van der Waals surface area contributed by atoms with Crippen molar-refractivity contribution in [2.24, 2.45) is 0 Å². The molecule has 0 aliphatic heterocycles. The molecule has 8 nitrogen and oxygen atoms in total. The zero-order valence-corrected chi connectivity index (χ0v) is 30.8. The quantitative estimate of drug-likeness (QED) is 0.0703. The highest BCUT2D eigenvalue weighted by atomic mass is 16.6. The molecule has 0 aromatic heterocycles. The number of hydrogen-bond acceptors (Lipinski definition) is 8. The molecule has 2 N–H and O–H groups in total. The average Bonchev–Trinajstić information content (AvgIpc) is 3.26. The fraction of sp³-hybridized carbons (Fsp3) is 0.125. The van der Waals surface area contributed by atoms with E-state index in [2.05, 4.69) is 49.6 Å². The Balaban J connectivity index is 1.35. The van der Waals surface area contributed by atoms with E-state index in [9.17, 15) is 19.8 Å². The molecule has 0 saturated heterocycles. The Bertz CT molecular complexity index is 2120. The van der Waals surface area contributed by atoms with E-state index in [1.165, 1.54) is 0 Å². The predicted octanol–water partition coefficient (Wildman–Crippen LogP) is 8.96. The van der Waals surface area contributed by atoms with Crippen LogP contribution >= 0.6 is 0 Å². The van der Waals surface area contributed by atoms with E-state index in [-0.39, 0.29) is 26.4 Å². The molecular weight excluding hydrogens is 705 g/mol. The number of hydrogen-bond donors (Lipinski definition) is 2. The molecule has 2 atom stereocenters. The van der Waals surface area contributed by atoms with Crippen LogP contribution in [-0.2, 0) is 19.1 Å². The molecule has 282 valence electrons. The second-order valence-corrected chi connectivity index (χ2v) is 12.8. The average molecular weight is 747 g/mol. The topological polar surface area (TPSA) is 112 Å². The van der Waals surface area contributed by atoms with Crippen molar-refractivity contribution in [2.75, 3.05) is 26.4 Å². The van der Waals surface area contributed by atoms with Crippen molar-refractivity contribution in [3.63, 3.8) is 0 Å². The lowest BCUT2D eigenvalue weighted by molar-refractivity contribution is -0.142. The van der Waals surface area contributed by atoms with Crippen molar-refractivity contribution in [1.29, 1.82) is 0 Å². The fourth-order valence-electron chi connectivity index (χ4n) is 6.22. The lowest BCUT2D eigenvalue weighted by Gasteiger charge is -2.19. The summed E-state index contributed by atoms with van der Waals surface area (Å²) in [5, 5.41) is 20.9. The van der Waals surface area contributed by atoms with Crippen molar-refractivity contribution in [1.82, 2.24) is 0 Å². The molecule has 2 unspecified atom stereocenters. The van der Waals surface area contributed by atoms with Gasteiger partial charge in [-0.2, -0.15) is 0 Å². The van der Waals surface area contributed by atoms with Gasteiger partial charge >= 0.3 is 11.9 Å². The zero-order chi connectivity index (χ0) is 39.3. The normalized spacial score (nSPS) is 11.8. The maximum atomic E-state index is 11.5. The van der Waals surface area contributed by atoms with E-state index in [4.69, 9.17) is 18.9 Å².